The molecule has 3 heteroatoms. The van der Waals surface area contributed by atoms with Crippen LogP contribution < -0.4 is 5.32 Å². The van der Waals surface area contributed by atoms with Crippen LogP contribution in [-0.2, 0) is 9.53 Å². The summed E-state index contributed by atoms with van der Waals surface area (Å²) in [5.74, 6) is 0.274. The highest BCUT2D eigenvalue weighted by atomic mass is 16.5. The second-order valence-electron chi connectivity index (χ2n) is 4.57. The molecule has 94 valence electrons. The maximum Gasteiger partial charge on any atom is 0.307 e. The molecule has 17 heavy (non-hydrogen) atoms. The van der Waals surface area contributed by atoms with E-state index in [1.54, 1.807) is 0 Å². The SMILES string of the molecule is COC(=O)CC(C)Nc1ccccc1C(C)C. The summed E-state index contributed by atoms with van der Waals surface area (Å²) >= 11 is 0. The predicted molar refractivity (Wildman–Crippen MR) is 70.2 cm³/mol. The van der Waals surface area contributed by atoms with E-state index in [0.717, 1.165) is 5.69 Å². The van der Waals surface area contributed by atoms with Gasteiger partial charge >= 0.3 is 5.97 Å². The summed E-state index contributed by atoms with van der Waals surface area (Å²) < 4.78 is 4.66. The molecule has 0 aliphatic carbocycles. The maximum atomic E-state index is 11.2. The lowest BCUT2D eigenvalue weighted by Gasteiger charge is -2.18. The molecule has 0 aromatic heterocycles. The zero-order chi connectivity index (χ0) is 12.8. The number of esters is 1. The van der Waals surface area contributed by atoms with Crippen molar-refractivity contribution >= 4 is 11.7 Å². The second kappa shape index (κ2) is 6.28. The van der Waals surface area contributed by atoms with Gasteiger partial charge in [0.1, 0.15) is 0 Å². The summed E-state index contributed by atoms with van der Waals surface area (Å²) in [5, 5.41) is 3.36. The molecule has 3 nitrogen and oxygen atoms in total. The van der Waals surface area contributed by atoms with E-state index in [1.807, 2.05) is 25.1 Å². The molecule has 1 N–H and O–H groups in total. The summed E-state index contributed by atoms with van der Waals surface area (Å²) in [6.45, 7) is 6.30. The van der Waals surface area contributed by atoms with Gasteiger partial charge in [0.15, 0.2) is 0 Å². The quantitative estimate of drug-likeness (QED) is 0.797. The summed E-state index contributed by atoms with van der Waals surface area (Å²) in [6.07, 6.45) is 0.378. The van der Waals surface area contributed by atoms with Crippen LogP contribution in [0.15, 0.2) is 24.3 Å². The van der Waals surface area contributed by atoms with Gasteiger partial charge in [0.05, 0.1) is 13.5 Å². The number of ether oxygens (including phenoxy) is 1. The van der Waals surface area contributed by atoms with Gasteiger partial charge in [0.2, 0.25) is 0 Å². The van der Waals surface area contributed by atoms with E-state index in [1.165, 1.54) is 12.7 Å². The first-order chi connectivity index (χ1) is 8.04. The Labute approximate surface area is 103 Å². The largest absolute Gasteiger partial charge is 0.469 e. The van der Waals surface area contributed by atoms with E-state index < -0.39 is 0 Å². The Morgan fingerprint density at radius 2 is 1.94 bits per heavy atom. The van der Waals surface area contributed by atoms with Crippen LogP contribution in [0, 0.1) is 0 Å². The third-order valence-corrected chi connectivity index (χ3v) is 2.69. The van der Waals surface area contributed by atoms with Gasteiger partial charge in [-0.15, -0.1) is 0 Å². The number of methoxy groups -OCH3 is 1. The molecule has 0 amide bonds. The van der Waals surface area contributed by atoms with Crippen LogP contribution in [0.1, 0.15) is 38.7 Å². The van der Waals surface area contributed by atoms with Gasteiger partial charge < -0.3 is 10.1 Å². The Morgan fingerprint density at radius 1 is 1.29 bits per heavy atom. The average Bonchev–Trinajstić information content (AvgIpc) is 2.29. The summed E-state index contributed by atoms with van der Waals surface area (Å²) in [7, 11) is 1.41. The van der Waals surface area contributed by atoms with Crippen LogP contribution in [0.3, 0.4) is 0 Å². The lowest BCUT2D eigenvalue weighted by atomic mass is 10.0. The Morgan fingerprint density at radius 3 is 2.53 bits per heavy atom. The van der Waals surface area contributed by atoms with Crippen LogP contribution >= 0.6 is 0 Å². The molecule has 0 radical (unpaired) electrons. The normalized spacial score (nSPS) is 12.3. The number of anilines is 1. The van der Waals surface area contributed by atoms with Crippen LogP contribution in [0.4, 0.5) is 5.69 Å². The van der Waals surface area contributed by atoms with Crippen molar-refractivity contribution in [1.82, 2.24) is 0 Å². The van der Waals surface area contributed by atoms with Gasteiger partial charge in [-0.2, -0.15) is 0 Å². The fourth-order valence-corrected chi connectivity index (χ4v) is 1.78. The molecule has 0 aliphatic rings. The summed E-state index contributed by atoms with van der Waals surface area (Å²) in [6, 6.07) is 8.26. The van der Waals surface area contributed by atoms with E-state index in [4.69, 9.17) is 0 Å². The number of carbonyl (C=O) groups is 1. The standard InChI is InChI=1S/C14H21NO2/c1-10(2)12-7-5-6-8-13(12)15-11(3)9-14(16)17-4/h5-8,10-11,15H,9H2,1-4H3. The van der Waals surface area contributed by atoms with Crippen LogP contribution in [0.2, 0.25) is 0 Å². The van der Waals surface area contributed by atoms with Gasteiger partial charge in [-0.1, -0.05) is 32.0 Å². The lowest BCUT2D eigenvalue weighted by Crippen LogP contribution is -2.21. The van der Waals surface area contributed by atoms with Crippen molar-refractivity contribution < 1.29 is 9.53 Å². The predicted octanol–water partition coefficient (Wildman–Crippen LogP) is 3.17. The van der Waals surface area contributed by atoms with Crippen molar-refractivity contribution in [2.75, 3.05) is 12.4 Å². The van der Waals surface area contributed by atoms with Crippen molar-refractivity contribution in [3.05, 3.63) is 29.8 Å². The Kier molecular flexibility index (Phi) is 5.01. The zero-order valence-corrected chi connectivity index (χ0v) is 11.0. The highest BCUT2D eigenvalue weighted by molar-refractivity contribution is 5.70. The molecule has 0 bridgehead atoms. The minimum Gasteiger partial charge on any atom is -0.469 e. The van der Waals surface area contributed by atoms with Gasteiger partial charge in [0, 0.05) is 11.7 Å². The Hall–Kier alpha value is -1.51. The van der Waals surface area contributed by atoms with Crippen molar-refractivity contribution in [2.45, 2.75) is 39.2 Å². The minimum absolute atomic E-state index is 0.0716. The van der Waals surface area contributed by atoms with E-state index in [2.05, 4.69) is 30.0 Å². The van der Waals surface area contributed by atoms with Gasteiger partial charge in [-0.3, -0.25) is 4.79 Å². The van der Waals surface area contributed by atoms with E-state index in [9.17, 15) is 4.79 Å². The molecular weight excluding hydrogens is 214 g/mol. The molecule has 0 saturated carbocycles. The molecule has 0 heterocycles. The summed E-state index contributed by atoms with van der Waals surface area (Å²) in [5.41, 5.74) is 2.36. The first-order valence-corrected chi connectivity index (χ1v) is 5.97. The molecule has 0 spiro atoms. The minimum atomic E-state index is -0.188. The molecule has 0 saturated heterocycles. The molecule has 1 unspecified atom stereocenters. The van der Waals surface area contributed by atoms with E-state index in [0.29, 0.717) is 12.3 Å². The third-order valence-electron chi connectivity index (χ3n) is 2.69. The number of nitrogens with one attached hydrogen (secondary N) is 1. The fourth-order valence-electron chi connectivity index (χ4n) is 1.78. The van der Waals surface area contributed by atoms with Crippen LogP contribution in [0.5, 0.6) is 0 Å². The summed E-state index contributed by atoms with van der Waals surface area (Å²) in [4.78, 5) is 11.2. The first-order valence-electron chi connectivity index (χ1n) is 5.97. The molecule has 1 aromatic rings. The molecule has 0 aliphatic heterocycles. The molecule has 1 aromatic carbocycles. The third kappa shape index (κ3) is 4.10. The molecule has 1 rings (SSSR count). The van der Waals surface area contributed by atoms with Crippen molar-refractivity contribution in [2.24, 2.45) is 0 Å². The topological polar surface area (TPSA) is 38.3 Å². The van der Waals surface area contributed by atoms with Crippen LogP contribution in [-0.4, -0.2) is 19.1 Å². The lowest BCUT2D eigenvalue weighted by molar-refractivity contribution is -0.140. The number of hydrogen-bond donors (Lipinski definition) is 1. The van der Waals surface area contributed by atoms with Gasteiger partial charge in [0.25, 0.3) is 0 Å². The van der Waals surface area contributed by atoms with Crippen molar-refractivity contribution in [3.63, 3.8) is 0 Å². The Bertz CT molecular complexity index is 374. The monoisotopic (exact) mass is 235 g/mol. The number of rotatable bonds is 5. The van der Waals surface area contributed by atoms with E-state index in [-0.39, 0.29) is 12.0 Å². The van der Waals surface area contributed by atoms with E-state index >= 15 is 0 Å². The molecule has 0 fully saturated rings. The van der Waals surface area contributed by atoms with Gasteiger partial charge in [-0.25, -0.2) is 0 Å². The molecular formula is C14H21NO2. The number of para-hydroxylation sites is 1. The number of carbonyl (C=O) groups excluding carboxylic acids is 1. The highest BCUT2D eigenvalue weighted by Crippen LogP contribution is 2.24. The van der Waals surface area contributed by atoms with Crippen molar-refractivity contribution in [1.29, 1.82) is 0 Å². The fraction of sp³-hybridized carbons (Fsp3) is 0.500. The zero-order valence-electron chi connectivity index (χ0n) is 11.0. The van der Waals surface area contributed by atoms with Gasteiger partial charge in [-0.05, 0) is 24.5 Å². The maximum absolute atomic E-state index is 11.2. The average molecular weight is 235 g/mol. The Balaban J connectivity index is 2.71. The molecule has 1 atom stereocenters. The van der Waals surface area contributed by atoms with Crippen molar-refractivity contribution in [3.8, 4) is 0 Å². The second-order valence-corrected chi connectivity index (χ2v) is 4.57. The first kappa shape index (κ1) is 13.6. The number of hydrogen-bond acceptors (Lipinski definition) is 3. The smallest absolute Gasteiger partial charge is 0.307 e. The number of benzene rings is 1. The van der Waals surface area contributed by atoms with Crippen LogP contribution in [0.25, 0.3) is 0 Å². The highest BCUT2D eigenvalue weighted by Gasteiger charge is 2.11.